The molecule has 0 amide bonds. The molecule has 0 radical (unpaired) electrons. The molecule has 0 spiro atoms. The van der Waals surface area contributed by atoms with E-state index in [1.165, 1.54) is 7.11 Å². The molecular weight excluding hydrogens is 264 g/mol. The van der Waals surface area contributed by atoms with Crippen LogP contribution in [0.4, 0.5) is 0 Å². The lowest BCUT2D eigenvalue weighted by Crippen LogP contribution is -2.15. The minimum atomic E-state index is -0.415. The Morgan fingerprint density at radius 3 is 2.25 bits per heavy atom. The lowest BCUT2D eigenvalue weighted by Gasteiger charge is -2.06. The van der Waals surface area contributed by atoms with Crippen LogP contribution in [0.25, 0.3) is 0 Å². The highest BCUT2D eigenvalue weighted by Crippen LogP contribution is 2.03. The molecule has 0 rings (SSSR count). The molecule has 0 aromatic rings. The lowest BCUT2D eigenvalue weighted by atomic mass is 10.2. The van der Waals surface area contributed by atoms with Crippen LogP contribution >= 0.6 is 0 Å². The monoisotopic (exact) mass is 290 g/mol. The predicted molar refractivity (Wildman–Crippen MR) is 73.4 cm³/mol. The van der Waals surface area contributed by atoms with Crippen LogP contribution in [0, 0.1) is 0 Å². The van der Waals surface area contributed by atoms with E-state index < -0.39 is 5.97 Å². The highest BCUT2D eigenvalue weighted by molar-refractivity contribution is 5.70. The minimum absolute atomic E-state index is 0.0768. The maximum absolute atomic E-state index is 11.3. The Labute approximate surface area is 120 Å². The average Bonchev–Trinajstić information content (AvgIpc) is 2.46. The third kappa shape index (κ3) is 13.3. The van der Waals surface area contributed by atoms with Crippen LogP contribution in [0.15, 0.2) is 0 Å². The number of rotatable bonds is 13. The van der Waals surface area contributed by atoms with E-state index >= 15 is 0 Å². The third-order valence-electron chi connectivity index (χ3n) is 2.54. The number of carbonyl (C=O) groups excluding carboxylic acids is 2. The molecule has 0 heterocycles. The van der Waals surface area contributed by atoms with E-state index in [0.29, 0.717) is 26.2 Å². The zero-order valence-corrected chi connectivity index (χ0v) is 12.5. The highest BCUT2D eigenvalue weighted by atomic mass is 16.6. The Bertz CT molecular complexity index is 254. The van der Waals surface area contributed by atoms with Gasteiger partial charge in [0.1, 0.15) is 13.2 Å². The molecule has 0 N–H and O–H groups in total. The van der Waals surface area contributed by atoms with E-state index in [1.807, 2.05) is 0 Å². The first-order valence-corrected chi connectivity index (χ1v) is 7.08. The minimum Gasteiger partial charge on any atom is -0.467 e. The molecule has 0 saturated carbocycles. The number of methoxy groups -OCH3 is 1. The van der Waals surface area contributed by atoms with Crippen molar-refractivity contribution in [1.82, 2.24) is 0 Å². The van der Waals surface area contributed by atoms with Crippen molar-refractivity contribution in [2.45, 2.75) is 39.0 Å². The average molecular weight is 290 g/mol. The van der Waals surface area contributed by atoms with Crippen LogP contribution in [-0.4, -0.2) is 52.1 Å². The second kappa shape index (κ2) is 14.3. The largest absolute Gasteiger partial charge is 0.467 e. The first-order chi connectivity index (χ1) is 9.70. The second-order valence-electron chi connectivity index (χ2n) is 4.27. The fourth-order valence-electron chi connectivity index (χ4n) is 1.42. The van der Waals surface area contributed by atoms with Gasteiger partial charge in [-0.25, -0.2) is 4.79 Å². The van der Waals surface area contributed by atoms with Gasteiger partial charge < -0.3 is 18.9 Å². The zero-order chi connectivity index (χ0) is 15.1. The summed E-state index contributed by atoms with van der Waals surface area (Å²) in [6.07, 6.45) is 4.74. The first kappa shape index (κ1) is 18.9. The normalized spacial score (nSPS) is 10.3. The van der Waals surface area contributed by atoms with E-state index in [0.717, 1.165) is 25.7 Å². The molecule has 0 bridgehead atoms. The fourth-order valence-corrected chi connectivity index (χ4v) is 1.42. The van der Waals surface area contributed by atoms with Crippen LogP contribution in [0.5, 0.6) is 0 Å². The van der Waals surface area contributed by atoms with Crippen LogP contribution < -0.4 is 0 Å². The van der Waals surface area contributed by atoms with Gasteiger partial charge in [0.05, 0.1) is 26.9 Å². The van der Waals surface area contributed by atoms with Gasteiger partial charge in [-0.1, -0.05) is 26.2 Å². The number of hydrogen-bond acceptors (Lipinski definition) is 6. The van der Waals surface area contributed by atoms with Crippen molar-refractivity contribution >= 4 is 11.9 Å². The van der Waals surface area contributed by atoms with E-state index in [4.69, 9.17) is 14.2 Å². The molecule has 0 aliphatic rings. The van der Waals surface area contributed by atoms with Crippen molar-refractivity contribution in [2.75, 3.05) is 40.1 Å². The molecule has 0 aliphatic heterocycles. The van der Waals surface area contributed by atoms with E-state index in [9.17, 15) is 9.59 Å². The van der Waals surface area contributed by atoms with E-state index in [-0.39, 0.29) is 19.2 Å². The second-order valence-corrected chi connectivity index (χ2v) is 4.27. The summed E-state index contributed by atoms with van der Waals surface area (Å²) < 4.78 is 19.6. The van der Waals surface area contributed by atoms with Crippen molar-refractivity contribution in [3.8, 4) is 0 Å². The molecule has 0 saturated heterocycles. The van der Waals surface area contributed by atoms with Crippen molar-refractivity contribution in [3.05, 3.63) is 0 Å². The Morgan fingerprint density at radius 1 is 0.850 bits per heavy atom. The predicted octanol–water partition coefficient (Wildman–Crippen LogP) is 1.71. The summed E-state index contributed by atoms with van der Waals surface area (Å²) >= 11 is 0. The quantitative estimate of drug-likeness (QED) is 0.380. The van der Waals surface area contributed by atoms with Gasteiger partial charge in [0.2, 0.25) is 0 Å². The standard InChI is InChI=1S/C14H26O6/c1-3-4-5-6-7-13(15)20-11-10-18-8-9-19-12-14(16)17-2/h3-12H2,1-2H3. The van der Waals surface area contributed by atoms with Crippen LogP contribution in [-0.2, 0) is 28.5 Å². The smallest absolute Gasteiger partial charge is 0.331 e. The summed E-state index contributed by atoms with van der Waals surface area (Å²) in [5.74, 6) is -0.589. The van der Waals surface area contributed by atoms with Crippen LogP contribution in [0.3, 0.4) is 0 Å². The van der Waals surface area contributed by atoms with E-state index in [2.05, 4.69) is 11.7 Å². The molecule has 0 atom stereocenters. The summed E-state index contributed by atoms with van der Waals surface area (Å²) in [5.41, 5.74) is 0. The summed E-state index contributed by atoms with van der Waals surface area (Å²) in [6.45, 7) is 3.30. The van der Waals surface area contributed by atoms with Crippen molar-refractivity contribution < 1.29 is 28.5 Å². The van der Waals surface area contributed by atoms with Crippen molar-refractivity contribution in [2.24, 2.45) is 0 Å². The van der Waals surface area contributed by atoms with Gasteiger partial charge in [-0.2, -0.15) is 0 Å². The van der Waals surface area contributed by atoms with Gasteiger partial charge in [-0.3, -0.25) is 4.79 Å². The molecule has 20 heavy (non-hydrogen) atoms. The number of carbonyl (C=O) groups is 2. The molecule has 6 heteroatoms. The Kier molecular flexibility index (Phi) is 13.5. The zero-order valence-electron chi connectivity index (χ0n) is 12.5. The van der Waals surface area contributed by atoms with Gasteiger partial charge >= 0.3 is 11.9 Å². The fraction of sp³-hybridized carbons (Fsp3) is 0.857. The third-order valence-corrected chi connectivity index (χ3v) is 2.54. The van der Waals surface area contributed by atoms with Gasteiger partial charge in [0, 0.05) is 6.42 Å². The molecule has 6 nitrogen and oxygen atoms in total. The summed E-state index contributed by atoms with van der Waals surface area (Å²) in [7, 11) is 1.30. The Morgan fingerprint density at radius 2 is 1.55 bits per heavy atom. The summed E-state index contributed by atoms with van der Waals surface area (Å²) in [6, 6.07) is 0. The first-order valence-electron chi connectivity index (χ1n) is 7.08. The molecular formula is C14H26O6. The van der Waals surface area contributed by atoms with Gasteiger partial charge in [0.25, 0.3) is 0 Å². The summed E-state index contributed by atoms with van der Waals surface area (Å²) in [5, 5.41) is 0. The molecule has 0 unspecified atom stereocenters. The van der Waals surface area contributed by atoms with Crippen LogP contribution in [0.1, 0.15) is 39.0 Å². The van der Waals surface area contributed by atoms with Gasteiger partial charge in [-0.15, -0.1) is 0 Å². The Hall–Kier alpha value is -1.14. The number of esters is 2. The molecule has 0 aromatic heterocycles. The van der Waals surface area contributed by atoms with Crippen LogP contribution in [0.2, 0.25) is 0 Å². The topological polar surface area (TPSA) is 71.1 Å². The molecule has 118 valence electrons. The number of unbranched alkanes of at least 4 members (excludes halogenated alkanes) is 3. The summed E-state index contributed by atoms with van der Waals surface area (Å²) in [4.78, 5) is 22.0. The molecule has 0 fully saturated rings. The molecule has 0 aliphatic carbocycles. The SMILES string of the molecule is CCCCCCC(=O)OCCOCCOCC(=O)OC. The van der Waals surface area contributed by atoms with Crippen molar-refractivity contribution in [1.29, 1.82) is 0 Å². The maximum Gasteiger partial charge on any atom is 0.331 e. The van der Waals surface area contributed by atoms with E-state index in [1.54, 1.807) is 0 Å². The van der Waals surface area contributed by atoms with Gasteiger partial charge in [-0.05, 0) is 6.42 Å². The lowest BCUT2D eigenvalue weighted by molar-refractivity contribution is -0.148. The highest BCUT2D eigenvalue weighted by Gasteiger charge is 2.02. The maximum atomic E-state index is 11.3. The van der Waals surface area contributed by atoms with Gasteiger partial charge in [0.15, 0.2) is 0 Å². The molecule has 0 aromatic carbocycles. The number of hydrogen-bond donors (Lipinski definition) is 0. The van der Waals surface area contributed by atoms with Crippen molar-refractivity contribution in [3.63, 3.8) is 0 Å². The number of ether oxygens (including phenoxy) is 4. The Balaban J connectivity index is 3.19.